The average Bonchev–Trinajstić information content (AvgIpc) is 3.23. The third-order valence-electron chi connectivity index (χ3n) is 4.74. The largest absolute Gasteiger partial charge is 0.355 e. The number of carbonyl (C=O) groups excluding carboxylic acids is 2. The Kier molecular flexibility index (Phi) is 5.95. The van der Waals surface area contributed by atoms with Gasteiger partial charge in [-0.05, 0) is 29.4 Å². The van der Waals surface area contributed by atoms with Crippen molar-refractivity contribution < 1.29 is 9.59 Å². The molecule has 5 nitrogen and oxygen atoms in total. The predicted molar refractivity (Wildman–Crippen MR) is 109 cm³/mol. The van der Waals surface area contributed by atoms with E-state index in [4.69, 9.17) is 0 Å². The van der Waals surface area contributed by atoms with Crippen molar-refractivity contribution in [2.45, 2.75) is 51.9 Å². The zero-order valence-corrected chi connectivity index (χ0v) is 17.1. The Morgan fingerprint density at radius 2 is 2.00 bits per heavy atom. The van der Waals surface area contributed by atoms with Crippen LogP contribution < -0.4 is 10.2 Å². The molecule has 0 saturated carbocycles. The minimum absolute atomic E-state index is 0.0362. The van der Waals surface area contributed by atoms with Gasteiger partial charge in [-0.3, -0.25) is 14.5 Å². The zero-order valence-electron chi connectivity index (χ0n) is 16.2. The average molecular weight is 386 g/mol. The number of benzene rings is 1. The van der Waals surface area contributed by atoms with Gasteiger partial charge in [0.2, 0.25) is 11.8 Å². The molecule has 1 saturated heterocycles. The summed E-state index contributed by atoms with van der Waals surface area (Å²) in [4.78, 5) is 30.1. The summed E-state index contributed by atoms with van der Waals surface area (Å²) in [5.41, 5.74) is 3.40. The Hall–Kier alpha value is -2.21. The molecule has 2 aromatic rings. The van der Waals surface area contributed by atoms with E-state index in [9.17, 15) is 9.59 Å². The summed E-state index contributed by atoms with van der Waals surface area (Å²) in [5, 5.41) is 5.53. The first-order valence-corrected chi connectivity index (χ1v) is 10.3. The maximum Gasteiger partial charge on any atom is 0.228 e. The molecule has 0 spiro atoms. The number of hydrogen-bond acceptors (Lipinski definition) is 4. The summed E-state index contributed by atoms with van der Waals surface area (Å²) in [7, 11) is 0. The fourth-order valence-corrected chi connectivity index (χ4v) is 3.96. The molecule has 3 rings (SSSR count). The summed E-state index contributed by atoms with van der Waals surface area (Å²) in [6.07, 6.45) is 2.53. The number of aromatic nitrogens is 1. The van der Waals surface area contributed by atoms with E-state index in [-0.39, 0.29) is 23.7 Å². The van der Waals surface area contributed by atoms with Crippen molar-refractivity contribution in [3.8, 4) is 0 Å². The molecule has 2 heterocycles. The minimum atomic E-state index is -0.0362. The summed E-state index contributed by atoms with van der Waals surface area (Å²) >= 11 is 1.43. The van der Waals surface area contributed by atoms with Crippen LogP contribution in [-0.4, -0.2) is 29.9 Å². The van der Waals surface area contributed by atoms with Gasteiger partial charge < -0.3 is 5.32 Å². The van der Waals surface area contributed by atoms with E-state index in [1.54, 1.807) is 4.90 Å². The van der Waals surface area contributed by atoms with Gasteiger partial charge in [-0.1, -0.05) is 45.0 Å². The molecular weight excluding hydrogens is 358 g/mol. The Morgan fingerprint density at radius 1 is 1.26 bits per heavy atom. The van der Waals surface area contributed by atoms with Crippen molar-refractivity contribution >= 4 is 28.3 Å². The third kappa shape index (κ3) is 5.16. The molecule has 27 heavy (non-hydrogen) atoms. The van der Waals surface area contributed by atoms with Gasteiger partial charge in [-0.25, -0.2) is 4.98 Å². The van der Waals surface area contributed by atoms with Crippen LogP contribution in [0, 0.1) is 0 Å². The van der Waals surface area contributed by atoms with Crippen molar-refractivity contribution in [3.05, 3.63) is 46.5 Å². The van der Waals surface area contributed by atoms with E-state index in [0.29, 0.717) is 18.1 Å². The van der Waals surface area contributed by atoms with Gasteiger partial charge in [-0.2, -0.15) is 0 Å². The predicted octanol–water partition coefficient (Wildman–Crippen LogP) is 3.47. The van der Waals surface area contributed by atoms with E-state index in [1.165, 1.54) is 22.5 Å². The van der Waals surface area contributed by atoms with E-state index in [2.05, 4.69) is 55.3 Å². The van der Waals surface area contributed by atoms with E-state index in [0.717, 1.165) is 25.1 Å². The molecule has 0 aliphatic carbocycles. The molecule has 1 fully saturated rings. The number of nitrogens with one attached hydrogen (secondary N) is 1. The Bertz CT molecular complexity index is 806. The van der Waals surface area contributed by atoms with Crippen molar-refractivity contribution in [3.63, 3.8) is 0 Å². The topological polar surface area (TPSA) is 62.3 Å². The van der Waals surface area contributed by atoms with Crippen LogP contribution in [0.4, 0.5) is 5.13 Å². The van der Waals surface area contributed by atoms with Crippen LogP contribution in [0.5, 0.6) is 0 Å². The van der Waals surface area contributed by atoms with Gasteiger partial charge in [0, 0.05) is 24.9 Å². The second-order valence-corrected chi connectivity index (χ2v) is 8.83. The maximum atomic E-state index is 12.2. The van der Waals surface area contributed by atoms with Crippen LogP contribution in [0.1, 0.15) is 50.4 Å². The highest BCUT2D eigenvalue weighted by Gasteiger charge is 2.24. The van der Waals surface area contributed by atoms with Crippen molar-refractivity contribution in [2.24, 2.45) is 0 Å². The van der Waals surface area contributed by atoms with Gasteiger partial charge in [0.05, 0.1) is 12.1 Å². The van der Waals surface area contributed by atoms with Gasteiger partial charge >= 0.3 is 0 Å². The summed E-state index contributed by atoms with van der Waals surface area (Å²) in [6.45, 7) is 7.94. The first-order chi connectivity index (χ1) is 12.8. The van der Waals surface area contributed by atoms with Crippen LogP contribution in [-0.2, 0) is 27.8 Å². The van der Waals surface area contributed by atoms with Crippen LogP contribution in [0.25, 0.3) is 0 Å². The van der Waals surface area contributed by atoms with Crippen molar-refractivity contribution in [1.82, 2.24) is 10.3 Å². The first kappa shape index (κ1) is 19.5. The molecule has 6 heteroatoms. The number of anilines is 1. The molecule has 0 atom stereocenters. The SMILES string of the molecule is CC(C)(C)c1ccc(CCNC(=O)Cc2csc(N3CCCC3=O)n2)cc1. The number of nitrogens with zero attached hydrogens (tertiary/aromatic N) is 2. The number of thiazole rings is 1. The Morgan fingerprint density at radius 3 is 2.63 bits per heavy atom. The van der Waals surface area contributed by atoms with Crippen LogP contribution >= 0.6 is 11.3 Å². The number of hydrogen-bond donors (Lipinski definition) is 1. The molecule has 0 radical (unpaired) electrons. The van der Waals surface area contributed by atoms with Gasteiger partial charge in [0.15, 0.2) is 5.13 Å². The van der Waals surface area contributed by atoms with Crippen LogP contribution in [0.15, 0.2) is 29.6 Å². The molecule has 0 unspecified atom stereocenters. The number of rotatable bonds is 6. The highest BCUT2D eigenvalue weighted by atomic mass is 32.1. The van der Waals surface area contributed by atoms with E-state index >= 15 is 0 Å². The first-order valence-electron chi connectivity index (χ1n) is 9.44. The van der Waals surface area contributed by atoms with Crippen LogP contribution in [0.2, 0.25) is 0 Å². The molecule has 1 aromatic heterocycles. The van der Waals surface area contributed by atoms with Crippen LogP contribution in [0.3, 0.4) is 0 Å². The lowest BCUT2D eigenvalue weighted by molar-refractivity contribution is -0.120. The molecule has 0 bridgehead atoms. The molecule has 2 amide bonds. The van der Waals surface area contributed by atoms with Crippen molar-refractivity contribution in [2.75, 3.05) is 18.0 Å². The summed E-state index contributed by atoms with van der Waals surface area (Å²) in [6, 6.07) is 8.58. The fraction of sp³-hybridized carbons (Fsp3) is 0.476. The van der Waals surface area contributed by atoms with E-state index in [1.807, 2.05) is 5.38 Å². The monoisotopic (exact) mass is 385 g/mol. The zero-order chi connectivity index (χ0) is 19.4. The van der Waals surface area contributed by atoms with Gasteiger partial charge in [0.1, 0.15) is 0 Å². The van der Waals surface area contributed by atoms with E-state index < -0.39 is 0 Å². The summed E-state index contributed by atoms with van der Waals surface area (Å²) in [5.74, 6) is 0.0868. The lowest BCUT2D eigenvalue weighted by Gasteiger charge is -2.19. The third-order valence-corrected chi connectivity index (χ3v) is 5.65. The highest BCUT2D eigenvalue weighted by Crippen LogP contribution is 2.25. The lowest BCUT2D eigenvalue weighted by atomic mass is 9.86. The quantitative estimate of drug-likeness (QED) is 0.828. The molecule has 144 valence electrons. The molecule has 1 aromatic carbocycles. The fourth-order valence-electron chi connectivity index (χ4n) is 3.10. The smallest absolute Gasteiger partial charge is 0.228 e. The normalized spacial score (nSPS) is 14.6. The number of amides is 2. The molecular formula is C21H27N3O2S. The molecule has 1 N–H and O–H groups in total. The van der Waals surface area contributed by atoms with Crippen molar-refractivity contribution in [1.29, 1.82) is 0 Å². The molecule has 1 aliphatic rings. The molecule has 1 aliphatic heterocycles. The summed E-state index contributed by atoms with van der Waals surface area (Å²) < 4.78 is 0. The second-order valence-electron chi connectivity index (χ2n) is 7.99. The minimum Gasteiger partial charge on any atom is -0.355 e. The highest BCUT2D eigenvalue weighted by molar-refractivity contribution is 7.14. The standard InChI is InChI=1S/C21H27N3O2S/c1-21(2,3)16-8-6-15(7-9-16)10-11-22-18(25)13-17-14-27-20(23-17)24-12-4-5-19(24)26/h6-9,14H,4-5,10-13H2,1-3H3,(H,22,25). The Balaban J connectivity index is 1.45. The lowest BCUT2D eigenvalue weighted by Crippen LogP contribution is -2.27. The Labute approximate surface area is 164 Å². The maximum absolute atomic E-state index is 12.2. The van der Waals surface area contributed by atoms with Gasteiger partial charge in [0.25, 0.3) is 0 Å². The number of carbonyl (C=O) groups is 2. The second kappa shape index (κ2) is 8.21. The van der Waals surface area contributed by atoms with Gasteiger partial charge in [-0.15, -0.1) is 11.3 Å².